The van der Waals surface area contributed by atoms with Crippen LogP contribution < -0.4 is 4.90 Å². The number of hydrogen-bond donors (Lipinski definition) is 0. The van der Waals surface area contributed by atoms with Crippen LogP contribution in [0.4, 0.5) is 10.1 Å². The maximum atomic E-state index is 13.6. The second-order valence-corrected chi connectivity index (χ2v) is 7.21. The predicted molar refractivity (Wildman–Crippen MR) is 114 cm³/mol. The van der Waals surface area contributed by atoms with E-state index < -0.39 is 0 Å². The van der Waals surface area contributed by atoms with E-state index in [1.807, 2.05) is 55.4 Å². The van der Waals surface area contributed by atoms with E-state index in [1.54, 1.807) is 30.4 Å². The molecule has 0 atom stereocenters. The summed E-state index contributed by atoms with van der Waals surface area (Å²) >= 11 is 3.55. The van der Waals surface area contributed by atoms with Crippen molar-refractivity contribution in [1.82, 2.24) is 0 Å². The molecule has 0 aliphatic heterocycles. The molecule has 3 rings (SSSR count). The zero-order valence-corrected chi connectivity index (χ0v) is 16.7. The Morgan fingerprint density at radius 1 is 1.00 bits per heavy atom. The van der Waals surface area contributed by atoms with Crippen LogP contribution in [0.3, 0.4) is 0 Å². The molecule has 0 radical (unpaired) electrons. The van der Waals surface area contributed by atoms with E-state index in [0.717, 1.165) is 21.3 Å². The minimum Gasteiger partial charge on any atom is -0.377 e. The summed E-state index contributed by atoms with van der Waals surface area (Å²) in [4.78, 5) is 14.8. The fraction of sp³-hybridized carbons (Fsp3) is 0.0870. The lowest BCUT2D eigenvalue weighted by molar-refractivity contribution is 0.104. The number of allylic oxidation sites excluding steroid dienone is 1. The van der Waals surface area contributed by atoms with Gasteiger partial charge in [0.05, 0.1) is 5.69 Å². The predicted octanol–water partition coefficient (Wildman–Crippen LogP) is 6.22. The number of carbonyl (C=O) groups is 1. The molecule has 136 valence electrons. The zero-order chi connectivity index (χ0) is 19.4. The van der Waals surface area contributed by atoms with Crippen LogP contribution in [0.2, 0.25) is 0 Å². The number of anilines is 1. The monoisotopic (exact) mass is 423 g/mol. The first-order valence-electron chi connectivity index (χ1n) is 8.50. The first kappa shape index (κ1) is 19.1. The topological polar surface area (TPSA) is 20.3 Å². The van der Waals surface area contributed by atoms with Gasteiger partial charge in [-0.15, -0.1) is 0 Å². The van der Waals surface area contributed by atoms with Gasteiger partial charge >= 0.3 is 0 Å². The summed E-state index contributed by atoms with van der Waals surface area (Å²) in [6, 6.07) is 19.5. The first-order chi connectivity index (χ1) is 13.0. The number of rotatable bonds is 5. The highest BCUT2D eigenvalue weighted by molar-refractivity contribution is 9.10. The van der Waals surface area contributed by atoms with Crippen molar-refractivity contribution in [2.45, 2.75) is 0 Å². The standard InChI is InChI=1S/C23H19BrFNO/c1-26(2)22-12-10-16(14-21(22)24)11-13-23(27)20-9-4-3-8-19(20)17-6-5-7-18(25)15-17/h3-15H,1-2H3/b13-11+. The second kappa shape index (κ2) is 8.31. The van der Waals surface area contributed by atoms with Gasteiger partial charge in [0.25, 0.3) is 0 Å². The minimum atomic E-state index is -0.323. The maximum Gasteiger partial charge on any atom is 0.186 e. The third-order valence-corrected chi connectivity index (χ3v) is 4.84. The number of halogens is 2. The molecule has 0 heterocycles. The Balaban J connectivity index is 1.89. The molecule has 3 aromatic carbocycles. The molecule has 3 aromatic rings. The van der Waals surface area contributed by atoms with Gasteiger partial charge in [0.15, 0.2) is 5.78 Å². The summed E-state index contributed by atoms with van der Waals surface area (Å²) in [5, 5.41) is 0. The van der Waals surface area contributed by atoms with Crippen molar-refractivity contribution < 1.29 is 9.18 Å². The molecular weight excluding hydrogens is 405 g/mol. The molecule has 0 saturated carbocycles. The lowest BCUT2D eigenvalue weighted by Gasteiger charge is -2.14. The van der Waals surface area contributed by atoms with Crippen molar-refractivity contribution in [3.8, 4) is 11.1 Å². The average Bonchev–Trinajstić information content (AvgIpc) is 2.66. The highest BCUT2D eigenvalue weighted by Gasteiger charge is 2.11. The molecule has 2 nitrogen and oxygen atoms in total. The summed E-state index contributed by atoms with van der Waals surface area (Å²) in [6.45, 7) is 0. The van der Waals surface area contributed by atoms with E-state index >= 15 is 0 Å². The first-order valence-corrected chi connectivity index (χ1v) is 9.29. The van der Waals surface area contributed by atoms with E-state index in [9.17, 15) is 9.18 Å². The van der Waals surface area contributed by atoms with Gasteiger partial charge in [-0.25, -0.2) is 4.39 Å². The Kier molecular flexibility index (Phi) is 5.87. The molecule has 0 N–H and O–H groups in total. The zero-order valence-electron chi connectivity index (χ0n) is 15.1. The van der Waals surface area contributed by atoms with Crippen molar-refractivity contribution in [2.24, 2.45) is 0 Å². The van der Waals surface area contributed by atoms with E-state index in [1.165, 1.54) is 12.1 Å². The summed E-state index contributed by atoms with van der Waals surface area (Å²) in [6.07, 6.45) is 3.34. The van der Waals surface area contributed by atoms with Crippen LogP contribution in [0.1, 0.15) is 15.9 Å². The minimum absolute atomic E-state index is 0.123. The van der Waals surface area contributed by atoms with Gasteiger partial charge in [-0.3, -0.25) is 4.79 Å². The smallest absolute Gasteiger partial charge is 0.186 e. The highest BCUT2D eigenvalue weighted by Crippen LogP contribution is 2.27. The van der Waals surface area contributed by atoms with Crippen molar-refractivity contribution in [2.75, 3.05) is 19.0 Å². The van der Waals surface area contributed by atoms with Gasteiger partial charge < -0.3 is 4.90 Å². The van der Waals surface area contributed by atoms with Gasteiger partial charge in [-0.1, -0.05) is 48.5 Å². The van der Waals surface area contributed by atoms with E-state index in [-0.39, 0.29) is 11.6 Å². The quantitative estimate of drug-likeness (QED) is 0.358. The van der Waals surface area contributed by atoms with Crippen molar-refractivity contribution >= 4 is 33.5 Å². The number of ketones is 1. The molecule has 0 fully saturated rings. The molecule has 0 aromatic heterocycles. The van der Waals surface area contributed by atoms with Crippen molar-refractivity contribution in [1.29, 1.82) is 0 Å². The molecule has 27 heavy (non-hydrogen) atoms. The SMILES string of the molecule is CN(C)c1ccc(/C=C/C(=O)c2ccccc2-c2cccc(F)c2)cc1Br. The van der Waals surface area contributed by atoms with Gasteiger partial charge in [-0.2, -0.15) is 0 Å². The number of hydrogen-bond acceptors (Lipinski definition) is 2. The Morgan fingerprint density at radius 2 is 1.78 bits per heavy atom. The molecule has 0 spiro atoms. The number of nitrogens with zero attached hydrogens (tertiary/aromatic N) is 1. The molecule has 4 heteroatoms. The third kappa shape index (κ3) is 4.52. The second-order valence-electron chi connectivity index (χ2n) is 6.36. The highest BCUT2D eigenvalue weighted by atomic mass is 79.9. The van der Waals surface area contributed by atoms with Crippen LogP contribution >= 0.6 is 15.9 Å². The maximum absolute atomic E-state index is 13.6. The molecule has 0 unspecified atom stereocenters. The summed E-state index contributed by atoms with van der Waals surface area (Å²) < 4.78 is 14.5. The normalized spacial score (nSPS) is 11.0. The molecule has 0 amide bonds. The number of carbonyl (C=O) groups excluding carboxylic acids is 1. The van der Waals surface area contributed by atoms with Crippen LogP contribution in [-0.2, 0) is 0 Å². The summed E-state index contributed by atoms with van der Waals surface area (Å²) in [5.41, 5.74) is 3.93. The molecule has 0 saturated heterocycles. The van der Waals surface area contributed by atoms with Crippen molar-refractivity contribution in [3.05, 3.63) is 94.2 Å². The Labute approximate surface area is 167 Å². The van der Waals surface area contributed by atoms with Crippen LogP contribution in [0.25, 0.3) is 17.2 Å². The van der Waals surface area contributed by atoms with Gasteiger partial charge in [0.2, 0.25) is 0 Å². The van der Waals surface area contributed by atoms with E-state index in [0.29, 0.717) is 11.1 Å². The van der Waals surface area contributed by atoms with Crippen LogP contribution in [0, 0.1) is 5.82 Å². The van der Waals surface area contributed by atoms with Crippen LogP contribution in [0.5, 0.6) is 0 Å². The third-order valence-electron chi connectivity index (χ3n) is 4.21. The summed E-state index contributed by atoms with van der Waals surface area (Å²) in [7, 11) is 3.95. The van der Waals surface area contributed by atoms with E-state index in [4.69, 9.17) is 0 Å². The van der Waals surface area contributed by atoms with Crippen molar-refractivity contribution in [3.63, 3.8) is 0 Å². The Hall–Kier alpha value is -2.72. The Morgan fingerprint density at radius 3 is 2.48 bits per heavy atom. The lowest BCUT2D eigenvalue weighted by atomic mass is 9.96. The fourth-order valence-electron chi connectivity index (χ4n) is 2.86. The average molecular weight is 424 g/mol. The van der Waals surface area contributed by atoms with Gasteiger partial charge in [-0.05, 0) is 63.0 Å². The van der Waals surface area contributed by atoms with Crippen LogP contribution in [0.15, 0.2) is 77.3 Å². The summed E-state index contributed by atoms with van der Waals surface area (Å²) in [5.74, 6) is -0.446. The number of benzene rings is 3. The molecular formula is C23H19BrFNO. The largest absolute Gasteiger partial charge is 0.377 e. The van der Waals surface area contributed by atoms with Crippen LogP contribution in [-0.4, -0.2) is 19.9 Å². The molecule has 0 bridgehead atoms. The Bertz CT molecular complexity index is 1010. The van der Waals surface area contributed by atoms with Gasteiger partial charge in [0.1, 0.15) is 5.82 Å². The molecule has 0 aliphatic rings. The van der Waals surface area contributed by atoms with E-state index in [2.05, 4.69) is 15.9 Å². The van der Waals surface area contributed by atoms with Gasteiger partial charge in [0, 0.05) is 24.1 Å². The molecule has 0 aliphatic carbocycles. The lowest BCUT2D eigenvalue weighted by Crippen LogP contribution is -2.09. The fourth-order valence-corrected chi connectivity index (χ4v) is 3.61.